The van der Waals surface area contributed by atoms with Crippen molar-refractivity contribution in [3.05, 3.63) is 75.3 Å². The van der Waals surface area contributed by atoms with Gasteiger partial charge in [-0.2, -0.15) is 13.2 Å². The number of carbonyl (C=O) groups is 3. The maximum Gasteiger partial charge on any atom is 0.417 e. The van der Waals surface area contributed by atoms with E-state index in [1.54, 1.807) is 18.0 Å². The molecule has 40 heavy (non-hydrogen) atoms. The van der Waals surface area contributed by atoms with Crippen LogP contribution in [0.5, 0.6) is 0 Å². The summed E-state index contributed by atoms with van der Waals surface area (Å²) in [5.41, 5.74) is -1.20. The zero-order valence-electron chi connectivity index (χ0n) is 21.1. The first kappa shape index (κ1) is 30.9. The molecule has 1 aliphatic carbocycles. The third-order valence-corrected chi connectivity index (χ3v) is 6.64. The number of hydrogen-bond donors (Lipinski definition) is 3. The average molecular weight is 586 g/mol. The van der Waals surface area contributed by atoms with Gasteiger partial charge in [-0.1, -0.05) is 35.9 Å². The molecule has 2 aromatic carbocycles. The molecule has 2 aromatic rings. The Morgan fingerprint density at radius 3 is 2.35 bits per heavy atom. The van der Waals surface area contributed by atoms with Gasteiger partial charge >= 0.3 is 12.1 Å². The topological polar surface area (TPSA) is 111 Å². The fourth-order valence-electron chi connectivity index (χ4n) is 4.33. The molecule has 1 aliphatic heterocycles. The number of alkyl halides is 5. The summed E-state index contributed by atoms with van der Waals surface area (Å²) in [7, 11) is 1.68. The largest absolute Gasteiger partial charge is 0.481 e. The summed E-state index contributed by atoms with van der Waals surface area (Å²) in [6.07, 6.45) is -1.84. The van der Waals surface area contributed by atoms with Crippen LogP contribution in [-0.2, 0) is 11.0 Å². The first-order chi connectivity index (χ1) is 18.6. The van der Waals surface area contributed by atoms with Crippen LogP contribution in [0.1, 0.15) is 51.1 Å². The molecule has 7 nitrogen and oxygen atoms in total. The molecule has 1 unspecified atom stereocenters. The lowest BCUT2D eigenvalue weighted by molar-refractivity contribution is -0.142. The van der Waals surface area contributed by atoms with Gasteiger partial charge in [0.2, 0.25) is 0 Å². The first-order valence-corrected chi connectivity index (χ1v) is 12.3. The van der Waals surface area contributed by atoms with Crippen LogP contribution in [0.2, 0.25) is 5.02 Å². The Morgan fingerprint density at radius 2 is 1.88 bits per heavy atom. The summed E-state index contributed by atoms with van der Waals surface area (Å²) in [5, 5.41) is 19.6. The highest BCUT2D eigenvalue weighted by Gasteiger charge is 2.41. The molecule has 1 amide bonds. The van der Waals surface area contributed by atoms with E-state index in [0.717, 1.165) is 18.2 Å². The third kappa shape index (κ3) is 7.51. The smallest absolute Gasteiger partial charge is 0.417 e. The van der Waals surface area contributed by atoms with Gasteiger partial charge < -0.3 is 10.4 Å². The van der Waals surface area contributed by atoms with Crippen LogP contribution in [0.25, 0.3) is 0 Å². The number of carboxylic acids is 1. The van der Waals surface area contributed by atoms with Crippen LogP contribution in [0, 0.1) is 11.3 Å². The predicted molar refractivity (Wildman–Crippen MR) is 139 cm³/mol. The maximum atomic E-state index is 13.4. The number of carbonyl (C=O) groups excluding carboxylic acids is 2. The van der Waals surface area contributed by atoms with Crippen molar-refractivity contribution in [1.82, 2.24) is 4.90 Å². The number of halogens is 6. The molecule has 0 bridgehead atoms. The Hall–Kier alpha value is -3.64. The van der Waals surface area contributed by atoms with E-state index in [1.807, 2.05) is 0 Å². The fraction of sp³-hybridized carbons (Fsp3) is 0.333. The molecule has 1 saturated heterocycles. The van der Waals surface area contributed by atoms with Crippen LogP contribution in [-0.4, -0.2) is 59.9 Å². The molecule has 1 heterocycles. The predicted octanol–water partition coefficient (Wildman–Crippen LogP) is 6.17. The van der Waals surface area contributed by atoms with E-state index < -0.39 is 46.0 Å². The van der Waals surface area contributed by atoms with Crippen LogP contribution in [0.3, 0.4) is 0 Å². The molecular weight excluding hydrogens is 561 g/mol. The second kappa shape index (κ2) is 12.3. The Balaban J connectivity index is 0.000000547. The number of hydrogen-bond acceptors (Lipinski definition) is 5. The van der Waals surface area contributed by atoms with Crippen molar-refractivity contribution >= 4 is 41.2 Å². The highest BCUT2D eigenvalue weighted by molar-refractivity contribution is 6.34. The molecule has 4 rings (SSSR count). The number of anilines is 1. The highest BCUT2D eigenvalue weighted by atomic mass is 35.5. The zero-order valence-corrected chi connectivity index (χ0v) is 21.9. The third-order valence-electron chi connectivity index (χ3n) is 6.33. The minimum atomic E-state index is -4.83. The summed E-state index contributed by atoms with van der Waals surface area (Å²) >= 11 is 5.90. The number of carboxylic acid groups (broad SMARTS) is 1. The van der Waals surface area contributed by atoms with E-state index >= 15 is 0 Å². The standard InChI is InChI=1S/C23H18ClF3N2O4.C4H7F2N/c24-17-3-1-2-16(23(25,26)27)19(17)21(31)29-18-10-12(11-30)4-9-15(18)20(28)13-5-7-14(8-6-13)22(32)33;1-7-2-4(5,6)3-7/h1-5,9-11,14,28H,6-8H2,(H,29,31)(H,32,33);2-3H2,1H3. The van der Waals surface area contributed by atoms with Crippen molar-refractivity contribution in [2.75, 3.05) is 25.5 Å². The highest BCUT2D eigenvalue weighted by Crippen LogP contribution is 2.36. The number of aldehydes is 1. The van der Waals surface area contributed by atoms with Crippen LogP contribution < -0.4 is 5.32 Å². The van der Waals surface area contributed by atoms with Gasteiger partial charge in [0.05, 0.1) is 46.6 Å². The van der Waals surface area contributed by atoms with Crippen molar-refractivity contribution < 1.29 is 41.4 Å². The van der Waals surface area contributed by atoms with E-state index in [2.05, 4.69) is 5.32 Å². The molecule has 0 radical (unpaired) electrons. The van der Waals surface area contributed by atoms with Gasteiger partial charge in [0.25, 0.3) is 11.8 Å². The van der Waals surface area contributed by atoms with Gasteiger partial charge in [0.15, 0.2) is 0 Å². The van der Waals surface area contributed by atoms with E-state index in [4.69, 9.17) is 22.1 Å². The number of amides is 1. The van der Waals surface area contributed by atoms with Gasteiger partial charge in [-0.3, -0.25) is 24.7 Å². The normalized spacial score (nSPS) is 18.4. The number of aliphatic carboxylic acids is 1. The molecule has 1 atom stereocenters. The lowest BCUT2D eigenvalue weighted by Gasteiger charge is -2.35. The molecule has 214 valence electrons. The Morgan fingerprint density at radius 1 is 1.20 bits per heavy atom. The number of nitrogens with zero attached hydrogens (tertiary/aromatic N) is 1. The summed E-state index contributed by atoms with van der Waals surface area (Å²) in [6.45, 7) is -0.125. The molecule has 0 saturated carbocycles. The van der Waals surface area contributed by atoms with Crippen LogP contribution in [0.4, 0.5) is 27.6 Å². The molecule has 1 fully saturated rings. The minimum Gasteiger partial charge on any atom is -0.481 e. The Bertz CT molecular complexity index is 1350. The average Bonchev–Trinajstić information content (AvgIpc) is 2.86. The van der Waals surface area contributed by atoms with E-state index in [-0.39, 0.29) is 42.0 Å². The summed E-state index contributed by atoms with van der Waals surface area (Å²) < 4.78 is 63.7. The molecular formula is C27H25ClF5N3O4. The van der Waals surface area contributed by atoms with Crippen molar-refractivity contribution in [2.24, 2.45) is 5.92 Å². The fourth-order valence-corrected chi connectivity index (χ4v) is 4.59. The number of allylic oxidation sites excluding steroid dienone is 2. The molecule has 2 aliphatic rings. The van der Waals surface area contributed by atoms with E-state index in [0.29, 0.717) is 24.7 Å². The summed E-state index contributed by atoms with van der Waals surface area (Å²) in [5.74, 6) is -5.01. The van der Waals surface area contributed by atoms with Gasteiger partial charge in [0.1, 0.15) is 6.29 Å². The SMILES string of the molecule is CN1CC(F)(F)C1.N=C(C1=CCC(C(=O)O)CC1)c1ccc(C=O)cc1NC(=O)c1c(Cl)cccc1C(F)(F)F. The lowest BCUT2D eigenvalue weighted by atomic mass is 9.85. The molecule has 0 aromatic heterocycles. The number of rotatable bonds is 6. The van der Waals surface area contributed by atoms with Gasteiger partial charge in [0, 0.05) is 11.1 Å². The molecule has 0 spiro atoms. The number of benzene rings is 2. The quantitative estimate of drug-likeness (QED) is 0.213. The van der Waals surface area contributed by atoms with Crippen molar-refractivity contribution in [2.45, 2.75) is 31.4 Å². The van der Waals surface area contributed by atoms with Crippen molar-refractivity contribution in [1.29, 1.82) is 5.41 Å². The summed E-state index contributed by atoms with van der Waals surface area (Å²) in [6, 6.07) is 7.04. The minimum absolute atomic E-state index is 0.0261. The number of likely N-dealkylation sites (tertiary alicyclic amines) is 1. The van der Waals surface area contributed by atoms with E-state index in [1.165, 1.54) is 18.2 Å². The van der Waals surface area contributed by atoms with Gasteiger partial charge in [-0.25, -0.2) is 8.78 Å². The van der Waals surface area contributed by atoms with Crippen molar-refractivity contribution in [3.63, 3.8) is 0 Å². The molecule has 13 heteroatoms. The van der Waals surface area contributed by atoms with Gasteiger partial charge in [-0.05, 0) is 50.1 Å². The maximum absolute atomic E-state index is 13.4. The second-order valence-electron chi connectivity index (χ2n) is 9.48. The van der Waals surface area contributed by atoms with Crippen LogP contribution >= 0.6 is 11.6 Å². The summed E-state index contributed by atoms with van der Waals surface area (Å²) in [4.78, 5) is 36.8. The van der Waals surface area contributed by atoms with Crippen LogP contribution in [0.15, 0.2) is 48.0 Å². The van der Waals surface area contributed by atoms with Crippen molar-refractivity contribution in [3.8, 4) is 0 Å². The number of nitrogens with one attached hydrogen (secondary N) is 2. The molecule has 3 N–H and O–H groups in total. The zero-order chi connectivity index (χ0) is 29.8. The Kier molecular flexibility index (Phi) is 9.47. The van der Waals surface area contributed by atoms with Gasteiger partial charge in [-0.15, -0.1) is 0 Å². The second-order valence-corrected chi connectivity index (χ2v) is 9.89. The first-order valence-electron chi connectivity index (χ1n) is 12.0. The lowest BCUT2D eigenvalue weighted by Crippen LogP contribution is -2.53. The Labute approximate surface area is 231 Å². The monoisotopic (exact) mass is 585 g/mol. The van der Waals surface area contributed by atoms with E-state index in [9.17, 15) is 36.3 Å².